The fourth-order valence-electron chi connectivity index (χ4n) is 2.35. The van der Waals surface area contributed by atoms with Crippen molar-refractivity contribution in [1.29, 1.82) is 0 Å². The lowest BCUT2D eigenvalue weighted by molar-refractivity contribution is -0.117. The average molecular weight is 328 g/mol. The minimum Gasteiger partial charge on any atom is -0.321 e. The average Bonchev–Trinajstić information content (AvgIpc) is 3.27. The summed E-state index contributed by atoms with van der Waals surface area (Å²) in [5, 5.41) is 6.57. The van der Waals surface area contributed by atoms with Gasteiger partial charge in [0, 0.05) is 11.6 Å². The van der Waals surface area contributed by atoms with Crippen molar-refractivity contribution in [3.63, 3.8) is 0 Å². The van der Waals surface area contributed by atoms with E-state index in [0.29, 0.717) is 4.88 Å². The van der Waals surface area contributed by atoms with E-state index in [1.807, 2.05) is 45.0 Å². The summed E-state index contributed by atoms with van der Waals surface area (Å²) in [5.74, 6) is 0.0836. The Balaban J connectivity index is 1.72. The molecule has 0 saturated heterocycles. The molecule has 0 atom stereocenters. The van der Waals surface area contributed by atoms with Crippen LogP contribution in [0.4, 0.5) is 10.7 Å². The third-order valence-electron chi connectivity index (χ3n) is 4.08. The summed E-state index contributed by atoms with van der Waals surface area (Å²) < 4.78 is 0. The van der Waals surface area contributed by atoms with Gasteiger partial charge in [0.2, 0.25) is 5.91 Å². The Labute approximate surface area is 139 Å². The van der Waals surface area contributed by atoms with Gasteiger partial charge in [-0.2, -0.15) is 0 Å². The smallest absolute Gasteiger partial charge is 0.266 e. The van der Waals surface area contributed by atoms with Gasteiger partial charge < -0.3 is 10.6 Å². The number of aryl methyl sites for hydroxylation is 3. The summed E-state index contributed by atoms with van der Waals surface area (Å²) in [7, 11) is 0. The molecule has 0 unspecified atom stereocenters. The number of benzene rings is 1. The largest absolute Gasteiger partial charge is 0.321 e. The lowest BCUT2D eigenvalue weighted by Crippen LogP contribution is -2.12. The van der Waals surface area contributed by atoms with E-state index in [1.165, 1.54) is 16.9 Å². The van der Waals surface area contributed by atoms with Crippen LogP contribution in [-0.2, 0) is 4.79 Å². The van der Waals surface area contributed by atoms with E-state index >= 15 is 0 Å². The fraction of sp³-hybridized carbons (Fsp3) is 0.333. The Morgan fingerprint density at radius 3 is 2.39 bits per heavy atom. The van der Waals surface area contributed by atoms with Crippen molar-refractivity contribution in [3.05, 3.63) is 45.8 Å². The maximum Gasteiger partial charge on any atom is 0.266 e. The van der Waals surface area contributed by atoms with Crippen molar-refractivity contribution in [3.8, 4) is 0 Å². The van der Waals surface area contributed by atoms with Gasteiger partial charge in [-0.3, -0.25) is 9.59 Å². The number of amides is 2. The molecule has 1 fully saturated rings. The standard InChI is InChI=1S/C18H20N2O2S/c1-10-4-7-14(8-11(10)2)19-18(22)16-12(3)9-15(23-16)20-17(21)13-5-6-13/h4,7-9,13H,5-6H2,1-3H3,(H,19,22)(H,20,21). The molecule has 2 amide bonds. The molecule has 1 aliphatic rings. The number of carbonyl (C=O) groups excluding carboxylic acids is 2. The minimum absolute atomic E-state index is 0.0624. The Hall–Kier alpha value is -2.14. The van der Waals surface area contributed by atoms with Crippen LogP contribution < -0.4 is 10.6 Å². The Bertz CT molecular complexity index is 775. The molecule has 4 nitrogen and oxygen atoms in total. The van der Waals surface area contributed by atoms with E-state index < -0.39 is 0 Å². The number of carbonyl (C=O) groups is 2. The van der Waals surface area contributed by atoms with Crippen LogP contribution in [0.5, 0.6) is 0 Å². The molecule has 0 radical (unpaired) electrons. The van der Waals surface area contributed by atoms with Crippen molar-refractivity contribution in [2.24, 2.45) is 5.92 Å². The summed E-state index contributed by atoms with van der Waals surface area (Å²) in [5.41, 5.74) is 4.00. The van der Waals surface area contributed by atoms with E-state index in [2.05, 4.69) is 10.6 Å². The zero-order chi connectivity index (χ0) is 16.6. The monoisotopic (exact) mass is 328 g/mol. The van der Waals surface area contributed by atoms with Crippen molar-refractivity contribution in [2.75, 3.05) is 10.6 Å². The van der Waals surface area contributed by atoms with Gasteiger partial charge in [0.25, 0.3) is 5.91 Å². The molecule has 1 aromatic heterocycles. The summed E-state index contributed by atoms with van der Waals surface area (Å²) in [6, 6.07) is 7.72. The maximum absolute atomic E-state index is 12.5. The van der Waals surface area contributed by atoms with Crippen LogP contribution in [0.1, 0.15) is 39.2 Å². The first-order valence-electron chi connectivity index (χ1n) is 7.74. The highest BCUT2D eigenvalue weighted by molar-refractivity contribution is 7.18. The second-order valence-electron chi connectivity index (χ2n) is 6.14. The predicted octanol–water partition coefficient (Wildman–Crippen LogP) is 4.27. The molecule has 1 aromatic carbocycles. The maximum atomic E-state index is 12.5. The van der Waals surface area contributed by atoms with E-state index in [-0.39, 0.29) is 17.7 Å². The topological polar surface area (TPSA) is 58.2 Å². The van der Waals surface area contributed by atoms with Gasteiger partial charge in [-0.05, 0) is 68.5 Å². The molecule has 5 heteroatoms. The summed E-state index contributed by atoms with van der Waals surface area (Å²) in [6.07, 6.45) is 1.94. The number of nitrogens with one attached hydrogen (secondary N) is 2. The SMILES string of the molecule is Cc1ccc(NC(=O)c2sc(NC(=O)C3CC3)cc2C)cc1C. The van der Waals surface area contributed by atoms with E-state index in [1.54, 1.807) is 0 Å². The van der Waals surface area contributed by atoms with E-state index in [4.69, 9.17) is 0 Å². The normalized spacial score (nSPS) is 13.7. The zero-order valence-electron chi connectivity index (χ0n) is 13.5. The van der Waals surface area contributed by atoms with Gasteiger partial charge in [-0.1, -0.05) is 6.07 Å². The van der Waals surface area contributed by atoms with Crippen molar-refractivity contribution in [1.82, 2.24) is 0 Å². The molecule has 1 aliphatic carbocycles. The molecule has 0 aliphatic heterocycles. The molecule has 120 valence electrons. The van der Waals surface area contributed by atoms with Crippen LogP contribution in [0.2, 0.25) is 0 Å². The Kier molecular flexibility index (Phi) is 4.22. The van der Waals surface area contributed by atoms with Gasteiger partial charge >= 0.3 is 0 Å². The molecule has 1 heterocycles. The highest BCUT2D eigenvalue weighted by atomic mass is 32.1. The minimum atomic E-state index is -0.136. The van der Waals surface area contributed by atoms with Crippen molar-refractivity contribution >= 4 is 33.8 Å². The first kappa shape index (κ1) is 15.7. The van der Waals surface area contributed by atoms with Crippen LogP contribution in [0.3, 0.4) is 0 Å². The van der Waals surface area contributed by atoms with E-state index in [9.17, 15) is 9.59 Å². The molecular weight excluding hydrogens is 308 g/mol. The molecular formula is C18H20N2O2S. The Morgan fingerprint density at radius 1 is 1.00 bits per heavy atom. The van der Waals surface area contributed by atoms with Crippen LogP contribution in [-0.4, -0.2) is 11.8 Å². The first-order valence-corrected chi connectivity index (χ1v) is 8.55. The molecule has 3 rings (SSSR count). The lowest BCUT2D eigenvalue weighted by Gasteiger charge is -2.07. The van der Waals surface area contributed by atoms with Crippen LogP contribution in [0.15, 0.2) is 24.3 Å². The molecule has 0 bridgehead atoms. The quantitative estimate of drug-likeness (QED) is 0.880. The number of hydrogen-bond donors (Lipinski definition) is 2. The number of anilines is 2. The summed E-state index contributed by atoms with van der Waals surface area (Å²) >= 11 is 1.32. The van der Waals surface area contributed by atoms with Gasteiger partial charge in [-0.25, -0.2) is 0 Å². The molecule has 2 N–H and O–H groups in total. The third-order valence-corrected chi connectivity index (χ3v) is 5.23. The lowest BCUT2D eigenvalue weighted by atomic mass is 10.1. The molecule has 0 spiro atoms. The second-order valence-corrected chi connectivity index (χ2v) is 7.19. The number of rotatable bonds is 4. The van der Waals surface area contributed by atoms with Crippen LogP contribution in [0.25, 0.3) is 0 Å². The van der Waals surface area contributed by atoms with Gasteiger partial charge in [0.15, 0.2) is 0 Å². The summed E-state index contributed by atoms with van der Waals surface area (Å²) in [6.45, 7) is 5.95. The van der Waals surface area contributed by atoms with E-state index in [0.717, 1.165) is 34.7 Å². The zero-order valence-corrected chi connectivity index (χ0v) is 14.3. The number of hydrogen-bond acceptors (Lipinski definition) is 3. The second kappa shape index (κ2) is 6.16. The molecule has 1 saturated carbocycles. The van der Waals surface area contributed by atoms with Crippen LogP contribution in [0, 0.1) is 26.7 Å². The van der Waals surface area contributed by atoms with Gasteiger partial charge in [0.05, 0.1) is 9.88 Å². The molecule has 23 heavy (non-hydrogen) atoms. The highest BCUT2D eigenvalue weighted by Gasteiger charge is 2.30. The van der Waals surface area contributed by atoms with Gasteiger partial charge in [0.1, 0.15) is 0 Å². The Morgan fingerprint density at radius 2 is 1.74 bits per heavy atom. The predicted molar refractivity (Wildman–Crippen MR) is 94.3 cm³/mol. The fourth-order valence-corrected chi connectivity index (χ4v) is 3.32. The molecule has 2 aromatic rings. The summed E-state index contributed by atoms with van der Waals surface area (Å²) in [4.78, 5) is 24.9. The van der Waals surface area contributed by atoms with Crippen molar-refractivity contribution < 1.29 is 9.59 Å². The van der Waals surface area contributed by atoms with Gasteiger partial charge in [-0.15, -0.1) is 11.3 Å². The van der Waals surface area contributed by atoms with Crippen LogP contribution >= 0.6 is 11.3 Å². The van der Waals surface area contributed by atoms with Crippen molar-refractivity contribution in [2.45, 2.75) is 33.6 Å². The highest BCUT2D eigenvalue weighted by Crippen LogP contribution is 2.33. The number of thiophene rings is 1. The third kappa shape index (κ3) is 3.62. The first-order chi connectivity index (χ1) is 10.9.